The predicted molar refractivity (Wildman–Crippen MR) is 78.4 cm³/mol. The van der Waals surface area contributed by atoms with E-state index in [2.05, 4.69) is 4.90 Å². The van der Waals surface area contributed by atoms with E-state index in [1.807, 2.05) is 11.9 Å². The van der Waals surface area contributed by atoms with Gasteiger partial charge in [-0.1, -0.05) is 18.2 Å². The van der Waals surface area contributed by atoms with Crippen molar-refractivity contribution in [3.05, 3.63) is 30.3 Å². The fourth-order valence-corrected chi connectivity index (χ4v) is 3.71. The molecule has 6 heteroatoms. The van der Waals surface area contributed by atoms with E-state index in [0.717, 1.165) is 13.1 Å². The molecular weight excluding hydrogens is 276 g/mol. The van der Waals surface area contributed by atoms with Crippen molar-refractivity contribution in [2.75, 3.05) is 45.5 Å². The number of nitrogens with zero attached hydrogens (tertiary/aromatic N) is 2. The molecule has 0 spiro atoms. The Bertz CT molecular complexity index is 518. The number of sulfone groups is 1. The van der Waals surface area contributed by atoms with Gasteiger partial charge < -0.3 is 10.0 Å². The Labute approximate surface area is 120 Å². The van der Waals surface area contributed by atoms with Crippen molar-refractivity contribution in [2.45, 2.75) is 11.0 Å². The molecule has 0 aliphatic carbocycles. The van der Waals surface area contributed by atoms with Crippen LogP contribution in [0, 0.1) is 0 Å². The van der Waals surface area contributed by atoms with Crippen molar-refractivity contribution in [1.29, 1.82) is 0 Å². The third-order valence-electron chi connectivity index (χ3n) is 3.57. The van der Waals surface area contributed by atoms with Crippen molar-refractivity contribution < 1.29 is 13.5 Å². The van der Waals surface area contributed by atoms with Gasteiger partial charge in [0.1, 0.15) is 0 Å². The maximum Gasteiger partial charge on any atom is 0.179 e. The van der Waals surface area contributed by atoms with Crippen LogP contribution in [0.15, 0.2) is 35.2 Å². The monoisotopic (exact) mass is 298 g/mol. The highest BCUT2D eigenvalue weighted by Gasteiger charge is 2.21. The number of β-amino-alcohol motifs (C(OH)–C–C–N with tert-alkyl or cyclic N) is 1. The van der Waals surface area contributed by atoms with Gasteiger partial charge in [0.2, 0.25) is 0 Å². The van der Waals surface area contributed by atoms with Gasteiger partial charge in [-0.05, 0) is 19.2 Å². The van der Waals surface area contributed by atoms with E-state index >= 15 is 0 Å². The normalized spacial score (nSPS) is 22.6. The summed E-state index contributed by atoms with van der Waals surface area (Å²) in [5, 5.41) is 9.84. The molecule has 0 amide bonds. The number of likely N-dealkylation sites (N-methyl/N-ethyl adjacent to an activating group) is 1. The molecule has 1 N–H and O–H groups in total. The number of rotatable bonds is 4. The first-order valence-electron chi connectivity index (χ1n) is 6.84. The molecule has 1 aromatic rings. The highest BCUT2D eigenvalue weighted by Crippen LogP contribution is 2.11. The Kier molecular flexibility index (Phi) is 5.15. The quantitative estimate of drug-likeness (QED) is 0.852. The number of aliphatic hydroxyl groups is 1. The summed E-state index contributed by atoms with van der Waals surface area (Å²) in [5.74, 6) is 0.0907. The summed E-state index contributed by atoms with van der Waals surface area (Å²) in [6, 6.07) is 8.52. The van der Waals surface area contributed by atoms with Crippen LogP contribution in [0.1, 0.15) is 0 Å². The molecule has 0 bridgehead atoms. The molecule has 1 atom stereocenters. The van der Waals surface area contributed by atoms with Gasteiger partial charge in [-0.3, -0.25) is 4.90 Å². The summed E-state index contributed by atoms with van der Waals surface area (Å²) in [6.07, 6.45) is -0.415. The Morgan fingerprint density at radius 3 is 2.60 bits per heavy atom. The van der Waals surface area contributed by atoms with Crippen LogP contribution in [-0.4, -0.2) is 75.0 Å². The zero-order valence-corrected chi connectivity index (χ0v) is 12.6. The van der Waals surface area contributed by atoms with Crippen LogP contribution in [0.3, 0.4) is 0 Å². The molecule has 0 unspecified atom stereocenters. The third-order valence-corrected chi connectivity index (χ3v) is 5.28. The van der Waals surface area contributed by atoms with Gasteiger partial charge >= 0.3 is 0 Å². The summed E-state index contributed by atoms with van der Waals surface area (Å²) in [6.45, 7) is 3.28. The number of aliphatic hydroxyl groups excluding tert-OH is 1. The molecule has 1 aliphatic rings. The largest absolute Gasteiger partial charge is 0.390 e. The van der Waals surface area contributed by atoms with E-state index in [1.54, 1.807) is 30.3 Å². The zero-order valence-electron chi connectivity index (χ0n) is 11.8. The molecule has 0 saturated carbocycles. The van der Waals surface area contributed by atoms with Gasteiger partial charge in [-0.2, -0.15) is 0 Å². The lowest BCUT2D eigenvalue weighted by molar-refractivity contribution is 0.117. The minimum absolute atomic E-state index is 0.0907. The summed E-state index contributed by atoms with van der Waals surface area (Å²) in [5.41, 5.74) is 0. The van der Waals surface area contributed by atoms with E-state index in [0.29, 0.717) is 24.5 Å². The highest BCUT2D eigenvalue weighted by molar-refractivity contribution is 7.91. The Balaban J connectivity index is 1.94. The molecule has 0 radical (unpaired) electrons. The zero-order chi connectivity index (χ0) is 14.6. The smallest absolute Gasteiger partial charge is 0.179 e. The van der Waals surface area contributed by atoms with Crippen molar-refractivity contribution in [1.82, 2.24) is 9.80 Å². The van der Waals surface area contributed by atoms with Crippen molar-refractivity contribution in [3.63, 3.8) is 0 Å². The van der Waals surface area contributed by atoms with Gasteiger partial charge in [0, 0.05) is 32.7 Å². The summed E-state index contributed by atoms with van der Waals surface area (Å²) in [7, 11) is -1.27. The highest BCUT2D eigenvalue weighted by atomic mass is 32.2. The second-order valence-corrected chi connectivity index (χ2v) is 7.46. The van der Waals surface area contributed by atoms with Crippen LogP contribution >= 0.6 is 0 Å². The molecule has 1 saturated heterocycles. The van der Waals surface area contributed by atoms with Crippen molar-refractivity contribution >= 4 is 9.84 Å². The van der Waals surface area contributed by atoms with E-state index in [1.165, 1.54) is 0 Å². The van der Waals surface area contributed by atoms with E-state index in [-0.39, 0.29) is 5.75 Å². The standard InChI is InChI=1S/C14H22N2O3S/c1-15-7-8-16(12-13(17)11-15)9-10-20(18,19)14-5-3-2-4-6-14/h2-6,13,17H,7-12H2,1H3/t13-/m1/s1. The maximum atomic E-state index is 12.2. The average Bonchev–Trinajstić information content (AvgIpc) is 2.58. The second-order valence-electron chi connectivity index (χ2n) is 5.35. The molecule has 1 aliphatic heterocycles. The van der Waals surface area contributed by atoms with E-state index in [9.17, 15) is 13.5 Å². The lowest BCUT2D eigenvalue weighted by Crippen LogP contribution is -2.36. The van der Waals surface area contributed by atoms with Gasteiger partial charge in [-0.15, -0.1) is 0 Å². The van der Waals surface area contributed by atoms with E-state index in [4.69, 9.17) is 0 Å². The minimum atomic E-state index is -3.24. The molecule has 2 rings (SSSR count). The van der Waals surface area contributed by atoms with Crippen molar-refractivity contribution in [2.24, 2.45) is 0 Å². The summed E-state index contributed by atoms with van der Waals surface area (Å²) < 4.78 is 24.4. The lowest BCUT2D eigenvalue weighted by atomic mass is 10.3. The first-order valence-corrected chi connectivity index (χ1v) is 8.49. The fourth-order valence-electron chi connectivity index (χ4n) is 2.41. The molecule has 1 aromatic carbocycles. The lowest BCUT2D eigenvalue weighted by Gasteiger charge is -2.21. The molecule has 1 fully saturated rings. The molecule has 5 nitrogen and oxygen atoms in total. The van der Waals surface area contributed by atoms with Gasteiger partial charge in [0.05, 0.1) is 16.8 Å². The molecule has 20 heavy (non-hydrogen) atoms. The van der Waals surface area contributed by atoms with Crippen molar-refractivity contribution in [3.8, 4) is 0 Å². The SMILES string of the molecule is CN1CCN(CCS(=O)(=O)c2ccccc2)C[C@H](O)C1. The molecular formula is C14H22N2O3S. The minimum Gasteiger partial charge on any atom is -0.390 e. The Morgan fingerprint density at radius 2 is 1.90 bits per heavy atom. The van der Waals surface area contributed by atoms with Gasteiger partial charge in [0.25, 0.3) is 0 Å². The van der Waals surface area contributed by atoms with Gasteiger partial charge in [0.15, 0.2) is 9.84 Å². The van der Waals surface area contributed by atoms with Gasteiger partial charge in [-0.25, -0.2) is 8.42 Å². The number of hydrogen-bond donors (Lipinski definition) is 1. The maximum absolute atomic E-state index is 12.2. The first kappa shape index (κ1) is 15.4. The van der Waals surface area contributed by atoms with Crippen LogP contribution in [0.4, 0.5) is 0 Å². The molecule has 1 heterocycles. The van der Waals surface area contributed by atoms with Crippen LogP contribution in [0.5, 0.6) is 0 Å². The number of hydrogen-bond acceptors (Lipinski definition) is 5. The third kappa shape index (κ3) is 4.28. The Hall–Kier alpha value is -0.950. The topological polar surface area (TPSA) is 60.9 Å². The average molecular weight is 298 g/mol. The predicted octanol–water partition coefficient (Wildman–Crippen LogP) is 0.0686. The summed E-state index contributed by atoms with van der Waals surface area (Å²) >= 11 is 0. The van der Waals surface area contributed by atoms with Crippen LogP contribution in [0.2, 0.25) is 0 Å². The second kappa shape index (κ2) is 6.67. The molecule has 112 valence electrons. The molecule has 0 aromatic heterocycles. The van der Waals surface area contributed by atoms with E-state index < -0.39 is 15.9 Å². The first-order chi connectivity index (χ1) is 9.47. The van der Waals surface area contributed by atoms with Crippen LogP contribution in [-0.2, 0) is 9.84 Å². The fraction of sp³-hybridized carbons (Fsp3) is 0.571. The summed E-state index contributed by atoms with van der Waals surface area (Å²) in [4.78, 5) is 4.46. The number of benzene rings is 1. The Morgan fingerprint density at radius 1 is 1.20 bits per heavy atom. The van der Waals surface area contributed by atoms with Crippen LogP contribution in [0.25, 0.3) is 0 Å². The van der Waals surface area contributed by atoms with Crippen LogP contribution < -0.4 is 0 Å².